The van der Waals surface area contributed by atoms with Gasteiger partial charge in [0.1, 0.15) is 11.2 Å². The highest BCUT2D eigenvalue weighted by atomic mass is 32.1. The molecule has 51 heavy (non-hydrogen) atoms. The number of para-hydroxylation sites is 4. The zero-order chi connectivity index (χ0) is 33.5. The van der Waals surface area contributed by atoms with Crippen LogP contribution in [0.4, 0.5) is 0 Å². The zero-order valence-corrected chi connectivity index (χ0v) is 28.1. The zero-order valence-electron chi connectivity index (χ0n) is 27.2. The third-order valence-electron chi connectivity index (χ3n) is 10.0. The molecule has 238 valence electrons. The number of nitrogens with zero attached hydrogens (tertiary/aromatic N) is 3. The minimum Gasteiger partial charge on any atom is -0.455 e. The third kappa shape index (κ3) is 4.25. The predicted octanol–water partition coefficient (Wildman–Crippen LogP) is 12.8. The molecule has 0 aliphatic rings. The van der Waals surface area contributed by atoms with Gasteiger partial charge in [-0.2, -0.15) is 0 Å². The molecule has 0 N–H and O–H groups in total. The molecule has 0 saturated carbocycles. The molecule has 7 aromatic carbocycles. The second-order valence-corrected chi connectivity index (χ2v) is 14.0. The van der Waals surface area contributed by atoms with Gasteiger partial charge in [0.25, 0.3) is 0 Å². The lowest BCUT2D eigenvalue weighted by molar-refractivity contribution is 0.670. The Balaban J connectivity index is 1.19. The Morgan fingerprint density at radius 2 is 1.14 bits per heavy atom. The quantitative estimate of drug-likeness (QED) is 0.187. The summed E-state index contributed by atoms with van der Waals surface area (Å²) in [6.07, 6.45) is 0. The molecule has 0 fully saturated rings. The number of thiophene rings is 1. The Morgan fingerprint density at radius 1 is 0.490 bits per heavy atom. The van der Waals surface area contributed by atoms with Gasteiger partial charge in [-0.1, -0.05) is 140 Å². The lowest BCUT2D eigenvalue weighted by Crippen LogP contribution is -2.03. The minimum absolute atomic E-state index is 0.659. The summed E-state index contributed by atoms with van der Waals surface area (Å²) in [6.45, 7) is 0. The molecular formula is C46H27N3OS. The first kappa shape index (κ1) is 28.3. The fourth-order valence-corrected chi connectivity index (χ4v) is 8.91. The lowest BCUT2D eigenvalue weighted by Gasteiger charge is -2.13. The predicted molar refractivity (Wildman–Crippen MR) is 213 cm³/mol. The third-order valence-corrected chi connectivity index (χ3v) is 11.2. The molecule has 0 atom stereocenters. The fourth-order valence-electron chi connectivity index (χ4n) is 7.76. The van der Waals surface area contributed by atoms with E-state index in [9.17, 15) is 0 Å². The van der Waals surface area contributed by atoms with Gasteiger partial charge in [-0.25, -0.2) is 9.97 Å². The van der Waals surface area contributed by atoms with Crippen LogP contribution in [0.15, 0.2) is 168 Å². The van der Waals surface area contributed by atoms with E-state index in [-0.39, 0.29) is 0 Å². The number of benzene rings is 7. The van der Waals surface area contributed by atoms with Gasteiger partial charge >= 0.3 is 0 Å². The maximum absolute atomic E-state index is 6.46. The first-order chi connectivity index (χ1) is 25.3. The van der Waals surface area contributed by atoms with Crippen molar-refractivity contribution in [2.75, 3.05) is 0 Å². The molecule has 0 saturated heterocycles. The van der Waals surface area contributed by atoms with E-state index in [2.05, 4.69) is 156 Å². The van der Waals surface area contributed by atoms with Gasteiger partial charge in [0.05, 0.1) is 26.9 Å². The van der Waals surface area contributed by atoms with Crippen molar-refractivity contribution in [3.05, 3.63) is 164 Å². The maximum Gasteiger partial charge on any atom is 0.235 e. The van der Waals surface area contributed by atoms with Crippen molar-refractivity contribution in [3.63, 3.8) is 0 Å². The van der Waals surface area contributed by atoms with Crippen LogP contribution in [0.5, 0.6) is 0 Å². The molecule has 0 amide bonds. The van der Waals surface area contributed by atoms with Gasteiger partial charge in [0.15, 0.2) is 0 Å². The molecule has 0 spiro atoms. The van der Waals surface area contributed by atoms with Crippen LogP contribution in [0.2, 0.25) is 0 Å². The second-order valence-electron chi connectivity index (χ2n) is 12.9. The molecule has 11 aromatic rings. The lowest BCUT2D eigenvalue weighted by atomic mass is 9.96. The summed E-state index contributed by atoms with van der Waals surface area (Å²) < 4.78 is 11.0. The molecule has 0 unspecified atom stereocenters. The van der Waals surface area contributed by atoms with Crippen molar-refractivity contribution >= 4 is 75.4 Å². The fraction of sp³-hybridized carbons (Fsp3) is 0. The van der Waals surface area contributed by atoms with Crippen molar-refractivity contribution in [1.29, 1.82) is 0 Å². The van der Waals surface area contributed by atoms with Crippen molar-refractivity contribution in [2.45, 2.75) is 0 Å². The maximum atomic E-state index is 6.46. The van der Waals surface area contributed by atoms with Crippen molar-refractivity contribution in [2.24, 2.45) is 0 Å². The Morgan fingerprint density at radius 3 is 2.02 bits per heavy atom. The van der Waals surface area contributed by atoms with Gasteiger partial charge in [-0.05, 0) is 35.4 Å². The van der Waals surface area contributed by atoms with E-state index in [0.717, 1.165) is 92.9 Å². The molecule has 0 radical (unpaired) electrons. The van der Waals surface area contributed by atoms with Crippen LogP contribution in [0.25, 0.3) is 104 Å². The van der Waals surface area contributed by atoms with Crippen molar-refractivity contribution in [1.82, 2.24) is 14.5 Å². The summed E-state index contributed by atoms with van der Waals surface area (Å²) in [5.74, 6) is 0.659. The standard InChI is InChI=1S/C46H27N3OS/c1-2-13-28(14-3-1)41-45-42(37-19-6-9-26-40(37)51-45)48-46(47-41)49-38-24-7-4-17-33(38)35-22-11-20-31(43(35)49)29-15-10-16-30(27-29)32-21-12-23-36-34-18-5-8-25-39(34)50-44(32)36/h1-27H. The summed E-state index contributed by atoms with van der Waals surface area (Å²) in [5, 5.41) is 5.72. The number of aromatic nitrogens is 3. The Bertz CT molecular complexity index is 3150. The number of furan rings is 1. The Hall–Kier alpha value is -6.56. The molecule has 0 bridgehead atoms. The highest BCUT2D eigenvalue weighted by Gasteiger charge is 2.22. The molecular weight excluding hydrogens is 643 g/mol. The Kier molecular flexibility index (Phi) is 6.09. The highest BCUT2D eigenvalue weighted by Crippen LogP contribution is 2.43. The molecule has 4 nitrogen and oxygen atoms in total. The van der Waals surface area contributed by atoms with Crippen molar-refractivity contribution in [3.8, 4) is 39.5 Å². The molecule has 5 heteroatoms. The summed E-state index contributed by atoms with van der Waals surface area (Å²) in [7, 11) is 0. The number of rotatable bonds is 4. The van der Waals surface area contributed by atoms with Crippen LogP contribution in [0.3, 0.4) is 0 Å². The summed E-state index contributed by atoms with van der Waals surface area (Å²) in [4.78, 5) is 10.8. The molecule has 0 aliphatic carbocycles. The molecule has 4 aromatic heterocycles. The highest BCUT2D eigenvalue weighted by molar-refractivity contribution is 7.26. The molecule has 11 rings (SSSR count). The van der Waals surface area contributed by atoms with Gasteiger partial charge in [-0.3, -0.25) is 4.57 Å². The second kappa shape index (κ2) is 11.0. The number of hydrogen-bond donors (Lipinski definition) is 0. The molecule has 4 heterocycles. The average Bonchev–Trinajstić information content (AvgIpc) is 3.88. The summed E-state index contributed by atoms with van der Waals surface area (Å²) in [6, 6.07) is 57.7. The number of hydrogen-bond acceptors (Lipinski definition) is 4. The largest absolute Gasteiger partial charge is 0.455 e. The van der Waals surface area contributed by atoms with Gasteiger partial charge in [0.2, 0.25) is 5.95 Å². The average molecular weight is 670 g/mol. The van der Waals surface area contributed by atoms with Gasteiger partial charge in [-0.15, -0.1) is 11.3 Å². The topological polar surface area (TPSA) is 43.9 Å². The van der Waals surface area contributed by atoms with Gasteiger partial charge in [0, 0.05) is 48.3 Å². The van der Waals surface area contributed by atoms with Crippen LogP contribution in [-0.4, -0.2) is 14.5 Å². The van der Waals surface area contributed by atoms with E-state index in [4.69, 9.17) is 14.4 Å². The minimum atomic E-state index is 0.659. The van der Waals surface area contributed by atoms with E-state index >= 15 is 0 Å². The van der Waals surface area contributed by atoms with E-state index < -0.39 is 0 Å². The van der Waals surface area contributed by atoms with Crippen LogP contribution in [0, 0.1) is 0 Å². The van der Waals surface area contributed by atoms with E-state index in [0.29, 0.717) is 5.95 Å². The van der Waals surface area contributed by atoms with Crippen LogP contribution in [0.1, 0.15) is 0 Å². The van der Waals surface area contributed by atoms with Crippen LogP contribution in [-0.2, 0) is 0 Å². The Labute approximate surface area is 296 Å². The van der Waals surface area contributed by atoms with E-state index in [1.807, 2.05) is 12.1 Å². The van der Waals surface area contributed by atoms with Gasteiger partial charge < -0.3 is 4.42 Å². The first-order valence-corrected chi connectivity index (χ1v) is 17.9. The molecule has 0 aliphatic heterocycles. The summed E-state index contributed by atoms with van der Waals surface area (Å²) in [5.41, 5.74) is 11.3. The smallest absolute Gasteiger partial charge is 0.235 e. The summed E-state index contributed by atoms with van der Waals surface area (Å²) >= 11 is 1.76. The normalized spacial score (nSPS) is 11.9. The van der Waals surface area contributed by atoms with E-state index in [1.165, 1.54) is 4.70 Å². The SMILES string of the molecule is c1ccc(-c2nc(-n3c4ccccc4c4cccc(-c5cccc(-c6cccc7c6oc6ccccc67)c5)c43)nc3c2sc2ccccc23)cc1. The van der Waals surface area contributed by atoms with Crippen LogP contribution < -0.4 is 0 Å². The first-order valence-electron chi connectivity index (χ1n) is 17.1. The van der Waals surface area contributed by atoms with Crippen LogP contribution >= 0.6 is 11.3 Å². The van der Waals surface area contributed by atoms with Crippen molar-refractivity contribution < 1.29 is 4.42 Å². The number of fused-ring (bicyclic) bond motifs is 9. The van der Waals surface area contributed by atoms with E-state index in [1.54, 1.807) is 11.3 Å². The monoisotopic (exact) mass is 669 g/mol.